The first kappa shape index (κ1) is 14.5. The van der Waals surface area contributed by atoms with E-state index in [0.29, 0.717) is 0 Å². The molecule has 106 valence electrons. The smallest absolute Gasteiger partial charge is 0.337 e. The number of para-hydroxylation sites is 1. The van der Waals surface area contributed by atoms with E-state index in [1.54, 1.807) is 6.07 Å². The fourth-order valence-electron chi connectivity index (χ4n) is 1.95. The molecule has 1 aromatic rings. The van der Waals surface area contributed by atoms with Crippen LogP contribution in [0.15, 0.2) is 24.3 Å². The van der Waals surface area contributed by atoms with E-state index in [1.165, 1.54) is 18.2 Å². The van der Waals surface area contributed by atoms with E-state index in [1.807, 2.05) is 0 Å². The van der Waals surface area contributed by atoms with Gasteiger partial charge in [0.1, 0.15) is 12.7 Å². The largest absolute Gasteiger partial charge is 0.422 e. The van der Waals surface area contributed by atoms with Gasteiger partial charge < -0.3 is 9.47 Å². The Morgan fingerprint density at radius 1 is 1.30 bits per heavy atom. The molecule has 0 amide bonds. The van der Waals surface area contributed by atoms with E-state index in [4.69, 9.17) is 9.47 Å². The monoisotopic (exact) mass is 276 g/mol. The molecule has 3 nitrogen and oxygen atoms in total. The van der Waals surface area contributed by atoms with E-state index >= 15 is 0 Å². The Morgan fingerprint density at radius 3 is 3.00 bits per heavy atom. The summed E-state index contributed by atoms with van der Waals surface area (Å²) in [4.78, 5) is 11.6. The first-order chi connectivity index (χ1) is 9.75. The van der Waals surface area contributed by atoms with Gasteiger partial charge in [-0.05, 0) is 31.4 Å². The summed E-state index contributed by atoms with van der Waals surface area (Å²) in [6.07, 6.45) is 4.76. The standard InChI is InChI=1S/C16H17FO3/c17-14-10-6-7-11-15(14)20-16(18)12-19-13-8-4-2-1-3-5-9-13/h6-7,10-11,13H,1-4,8,12H2. The van der Waals surface area contributed by atoms with Gasteiger partial charge in [-0.3, -0.25) is 0 Å². The van der Waals surface area contributed by atoms with Crippen molar-refractivity contribution < 1.29 is 18.7 Å². The first-order valence-electron chi connectivity index (χ1n) is 6.81. The van der Waals surface area contributed by atoms with Gasteiger partial charge in [-0.2, -0.15) is 0 Å². The van der Waals surface area contributed by atoms with Crippen LogP contribution in [0.3, 0.4) is 0 Å². The molecule has 20 heavy (non-hydrogen) atoms. The average Bonchev–Trinajstić information content (AvgIpc) is 2.40. The van der Waals surface area contributed by atoms with Crippen molar-refractivity contribution in [1.29, 1.82) is 0 Å². The Kier molecular flexibility index (Phi) is 5.57. The molecule has 0 radical (unpaired) electrons. The third-order valence-electron chi connectivity index (χ3n) is 2.99. The normalized spacial score (nSPS) is 18.4. The Balaban J connectivity index is 1.81. The fourth-order valence-corrected chi connectivity index (χ4v) is 1.95. The quantitative estimate of drug-likeness (QED) is 0.481. The SMILES string of the molecule is O=C(COC1C#CCCCCC1)Oc1ccccc1F. The molecule has 0 aliphatic heterocycles. The van der Waals surface area contributed by atoms with E-state index in [-0.39, 0.29) is 18.5 Å². The number of esters is 1. The number of halogens is 1. The van der Waals surface area contributed by atoms with Crippen LogP contribution in [0.25, 0.3) is 0 Å². The van der Waals surface area contributed by atoms with Crippen molar-refractivity contribution in [3.63, 3.8) is 0 Å². The maximum Gasteiger partial charge on any atom is 0.337 e. The molecule has 0 bridgehead atoms. The molecule has 4 heteroatoms. The molecule has 0 heterocycles. The van der Waals surface area contributed by atoms with Gasteiger partial charge in [-0.15, -0.1) is 5.92 Å². The maximum absolute atomic E-state index is 13.3. The molecule has 0 saturated carbocycles. The summed E-state index contributed by atoms with van der Waals surface area (Å²) in [6, 6.07) is 5.78. The molecule has 0 spiro atoms. The zero-order valence-corrected chi connectivity index (χ0v) is 11.2. The third-order valence-corrected chi connectivity index (χ3v) is 2.99. The van der Waals surface area contributed by atoms with Crippen molar-refractivity contribution >= 4 is 5.97 Å². The summed E-state index contributed by atoms with van der Waals surface area (Å²) in [5, 5.41) is 0. The van der Waals surface area contributed by atoms with Crippen molar-refractivity contribution in [2.75, 3.05) is 6.61 Å². The van der Waals surface area contributed by atoms with Crippen LogP contribution in [0, 0.1) is 17.7 Å². The molecule has 1 aromatic carbocycles. The highest BCUT2D eigenvalue weighted by atomic mass is 19.1. The lowest BCUT2D eigenvalue weighted by Crippen LogP contribution is -2.21. The minimum Gasteiger partial charge on any atom is -0.422 e. The third kappa shape index (κ3) is 4.67. The predicted octanol–water partition coefficient (Wildman–Crippen LogP) is 3.08. The summed E-state index contributed by atoms with van der Waals surface area (Å²) >= 11 is 0. The van der Waals surface area contributed by atoms with E-state index < -0.39 is 11.8 Å². The molecule has 0 N–H and O–H groups in total. The second kappa shape index (κ2) is 7.66. The van der Waals surface area contributed by atoms with Gasteiger partial charge >= 0.3 is 5.97 Å². The second-order valence-electron chi connectivity index (χ2n) is 4.62. The molecule has 1 aliphatic carbocycles. The molecule has 1 unspecified atom stereocenters. The summed E-state index contributed by atoms with van der Waals surface area (Å²) in [5.74, 6) is 4.78. The summed E-state index contributed by atoms with van der Waals surface area (Å²) in [7, 11) is 0. The average molecular weight is 276 g/mol. The van der Waals surface area contributed by atoms with Crippen LogP contribution < -0.4 is 4.74 Å². The van der Waals surface area contributed by atoms with Gasteiger partial charge in [0.15, 0.2) is 11.6 Å². The zero-order chi connectivity index (χ0) is 14.2. The number of hydrogen-bond donors (Lipinski definition) is 0. The van der Waals surface area contributed by atoms with Crippen molar-refractivity contribution in [3.8, 4) is 17.6 Å². The van der Waals surface area contributed by atoms with Crippen LogP contribution in [-0.4, -0.2) is 18.7 Å². The van der Waals surface area contributed by atoms with Crippen LogP contribution in [-0.2, 0) is 9.53 Å². The molecule has 0 saturated heterocycles. The fraction of sp³-hybridized carbons (Fsp3) is 0.438. The number of hydrogen-bond acceptors (Lipinski definition) is 3. The number of rotatable bonds is 4. The van der Waals surface area contributed by atoms with Gasteiger partial charge in [0.05, 0.1) is 0 Å². The van der Waals surface area contributed by atoms with E-state index in [2.05, 4.69) is 11.8 Å². The highest BCUT2D eigenvalue weighted by molar-refractivity contribution is 5.73. The Labute approximate surface area is 118 Å². The van der Waals surface area contributed by atoms with Crippen molar-refractivity contribution in [1.82, 2.24) is 0 Å². The van der Waals surface area contributed by atoms with Crippen LogP contribution in [0.2, 0.25) is 0 Å². The molecule has 0 fully saturated rings. The Morgan fingerprint density at radius 2 is 2.15 bits per heavy atom. The zero-order valence-electron chi connectivity index (χ0n) is 11.2. The number of carbonyl (C=O) groups excluding carboxylic acids is 1. The van der Waals surface area contributed by atoms with Crippen LogP contribution in [0.4, 0.5) is 4.39 Å². The Hall–Kier alpha value is -1.86. The van der Waals surface area contributed by atoms with E-state index in [0.717, 1.165) is 32.1 Å². The maximum atomic E-state index is 13.3. The van der Waals surface area contributed by atoms with Crippen molar-refractivity contribution in [2.45, 2.75) is 38.2 Å². The van der Waals surface area contributed by atoms with Gasteiger partial charge in [-0.25, -0.2) is 9.18 Å². The Bertz CT molecular complexity index is 516. The lowest BCUT2D eigenvalue weighted by molar-refractivity contribution is -0.140. The van der Waals surface area contributed by atoms with Crippen LogP contribution in [0.1, 0.15) is 32.1 Å². The van der Waals surface area contributed by atoms with E-state index in [9.17, 15) is 9.18 Å². The number of carbonyl (C=O) groups is 1. The number of ether oxygens (including phenoxy) is 2. The van der Waals surface area contributed by atoms with Gasteiger partial charge in [0.25, 0.3) is 0 Å². The summed E-state index contributed by atoms with van der Waals surface area (Å²) < 4.78 is 23.6. The number of benzene rings is 1. The molecule has 0 aromatic heterocycles. The molecular weight excluding hydrogens is 259 g/mol. The lowest BCUT2D eigenvalue weighted by atomic mass is 10.1. The first-order valence-corrected chi connectivity index (χ1v) is 6.81. The van der Waals surface area contributed by atoms with Gasteiger partial charge in [-0.1, -0.05) is 24.5 Å². The highest BCUT2D eigenvalue weighted by Crippen LogP contribution is 2.16. The van der Waals surface area contributed by atoms with Gasteiger partial charge in [0, 0.05) is 6.42 Å². The predicted molar refractivity (Wildman–Crippen MR) is 72.6 cm³/mol. The lowest BCUT2D eigenvalue weighted by Gasteiger charge is -2.13. The van der Waals surface area contributed by atoms with Crippen molar-refractivity contribution in [2.24, 2.45) is 0 Å². The minimum atomic E-state index is -0.612. The molecule has 1 aliphatic rings. The van der Waals surface area contributed by atoms with Gasteiger partial charge in [0.2, 0.25) is 0 Å². The molecular formula is C16H17FO3. The topological polar surface area (TPSA) is 35.5 Å². The second-order valence-corrected chi connectivity index (χ2v) is 4.62. The molecule has 2 rings (SSSR count). The minimum absolute atomic E-state index is 0.0788. The highest BCUT2D eigenvalue weighted by Gasteiger charge is 2.13. The summed E-state index contributed by atoms with van der Waals surface area (Å²) in [5.41, 5.74) is 0. The van der Waals surface area contributed by atoms with Crippen LogP contribution >= 0.6 is 0 Å². The van der Waals surface area contributed by atoms with Crippen LogP contribution in [0.5, 0.6) is 5.75 Å². The molecule has 1 atom stereocenters. The summed E-state index contributed by atoms with van der Waals surface area (Å²) in [6.45, 7) is -0.215. The van der Waals surface area contributed by atoms with Crippen molar-refractivity contribution in [3.05, 3.63) is 30.1 Å².